The maximum Gasteiger partial charge on any atom is 0.257 e. The molecule has 0 aliphatic heterocycles. The molecule has 0 aliphatic carbocycles. The fourth-order valence-corrected chi connectivity index (χ4v) is 3.74. The molecule has 0 saturated carbocycles. The van der Waals surface area contributed by atoms with Gasteiger partial charge in [-0.15, -0.1) is 11.3 Å². The number of thiazole rings is 1. The van der Waals surface area contributed by atoms with Crippen molar-refractivity contribution in [2.24, 2.45) is 0 Å². The van der Waals surface area contributed by atoms with Crippen molar-refractivity contribution >= 4 is 34.0 Å². The van der Waals surface area contributed by atoms with Gasteiger partial charge in [0.2, 0.25) is 5.91 Å². The van der Waals surface area contributed by atoms with Crippen molar-refractivity contribution < 1.29 is 9.59 Å². The number of para-hydroxylation sites is 1. The van der Waals surface area contributed by atoms with Crippen LogP contribution in [0, 0.1) is 0 Å². The average Bonchev–Trinajstić information content (AvgIpc) is 3.21. The zero-order valence-electron chi connectivity index (χ0n) is 17.0. The number of anilines is 2. The zero-order valence-corrected chi connectivity index (χ0v) is 17.8. The third-order valence-corrected chi connectivity index (χ3v) is 5.39. The molecule has 3 aromatic rings. The van der Waals surface area contributed by atoms with E-state index in [0.29, 0.717) is 22.9 Å². The third kappa shape index (κ3) is 6.42. The highest BCUT2D eigenvalue weighted by molar-refractivity contribution is 7.14. The number of hydrogen-bond acceptors (Lipinski definition) is 5. The smallest absolute Gasteiger partial charge is 0.257 e. The van der Waals surface area contributed by atoms with E-state index in [1.807, 2.05) is 36.4 Å². The number of benzene rings is 2. The molecule has 2 N–H and O–H groups in total. The van der Waals surface area contributed by atoms with Gasteiger partial charge in [0.25, 0.3) is 5.91 Å². The van der Waals surface area contributed by atoms with E-state index in [0.717, 1.165) is 19.5 Å². The molecule has 3 rings (SSSR count). The van der Waals surface area contributed by atoms with Gasteiger partial charge >= 0.3 is 0 Å². The molecule has 0 aliphatic rings. The molecular weight excluding hydrogens is 396 g/mol. The Kier molecular flexibility index (Phi) is 7.97. The number of nitrogens with zero attached hydrogens (tertiary/aromatic N) is 2. The SMILES string of the molecule is CCN(CCCNC(=O)Cc1csc(NC(=O)c2ccccc2)n1)c1ccccc1. The van der Waals surface area contributed by atoms with E-state index >= 15 is 0 Å². The lowest BCUT2D eigenvalue weighted by Crippen LogP contribution is -2.30. The molecule has 30 heavy (non-hydrogen) atoms. The fraction of sp³-hybridized carbons (Fsp3) is 0.261. The Hall–Kier alpha value is -3.19. The molecule has 0 bridgehead atoms. The second-order valence-electron chi connectivity index (χ2n) is 6.76. The summed E-state index contributed by atoms with van der Waals surface area (Å²) >= 11 is 1.32. The maximum absolute atomic E-state index is 12.2. The van der Waals surface area contributed by atoms with Gasteiger partial charge in [0.1, 0.15) is 0 Å². The van der Waals surface area contributed by atoms with Gasteiger partial charge in [0, 0.05) is 36.3 Å². The molecule has 1 aromatic heterocycles. The lowest BCUT2D eigenvalue weighted by molar-refractivity contribution is -0.120. The van der Waals surface area contributed by atoms with E-state index in [4.69, 9.17) is 0 Å². The van der Waals surface area contributed by atoms with Crippen molar-refractivity contribution in [2.45, 2.75) is 19.8 Å². The van der Waals surface area contributed by atoms with Crippen LogP contribution in [0.1, 0.15) is 29.4 Å². The first-order valence-corrected chi connectivity index (χ1v) is 10.9. The van der Waals surface area contributed by atoms with Crippen LogP contribution < -0.4 is 15.5 Å². The number of hydrogen-bond donors (Lipinski definition) is 2. The molecular formula is C23H26N4O2S. The lowest BCUT2D eigenvalue weighted by atomic mass is 10.2. The van der Waals surface area contributed by atoms with Gasteiger partial charge in [-0.05, 0) is 37.6 Å². The number of aromatic nitrogens is 1. The Bertz CT molecular complexity index is 944. The summed E-state index contributed by atoms with van der Waals surface area (Å²) in [7, 11) is 0. The monoisotopic (exact) mass is 422 g/mol. The fourth-order valence-electron chi connectivity index (χ4n) is 3.04. The van der Waals surface area contributed by atoms with Gasteiger partial charge in [-0.2, -0.15) is 0 Å². The molecule has 2 amide bonds. The van der Waals surface area contributed by atoms with E-state index in [1.165, 1.54) is 17.0 Å². The van der Waals surface area contributed by atoms with Gasteiger partial charge in [0.15, 0.2) is 5.13 Å². The molecule has 0 fully saturated rings. The summed E-state index contributed by atoms with van der Waals surface area (Å²) in [4.78, 5) is 31.0. The topological polar surface area (TPSA) is 74.3 Å². The van der Waals surface area contributed by atoms with Gasteiger partial charge in [-0.25, -0.2) is 4.98 Å². The Labute approximate surface area is 181 Å². The molecule has 1 heterocycles. The number of carbonyl (C=O) groups is 2. The molecule has 7 heteroatoms. The molecule has 2 aromatic carbocycles. The molecule has 0 unspecified atom stereocenters. The Morgan fingerprint density at radius 3 is 2.43 bits per heavy atom. The second kappa shape index (κ2) is 11.1. The van der Waals surface area contributed by atoms with E-state index in [9.17, 15) is 9.59 Å². The van der Waals surface area contributed by atoms with Crippen LogP contribution in [0.3, 0.4) is 0 Å². The molecule has 0 saturated heterocycles. The van der Waals surface area contributed by atoms with Gasteiger partial charge < -0.3 is 10.2 Å². The average molecular weight is 423 g/mol. The van der Waals surface area contributed by atoms with Crippen molar-refractivity contribution in [3.63, 3.8) is 0 Å². The molecule has 156 valence electrons. The van der Waals surface area contributed by atoms with Crippen LogP contribution in [-0.4, -0.2) is 36.4 Å². The van der Waals surface area contributed by atoms with Crippen molar-refractivity contribution in [3.05, 3.63) is 77.3 Å². The minimum atomic E-state index is -0.208. The second-order valence-corrected chi connectivity index (χ2v) is 7.62. The standard InChI is InChI=1S/C23H26N4O2S/c1-2-27(20-12-7-4-8-13-20)15-9-14-24-21(28)16-19-17-30-23(25-19)26-22(29)18-10-5-3-6-11-18/h3-8,10-13,17H,2,9,14-16H2,1H3,(H,24,28)(H,25,26,29). The lowest BCUT2D eigenvalue weighted by Gasteiger charge is -2.23. The number of carbonyl (C=O) groups excluding carboxylic acids is 2. The first-order valence-electron chi connectivity index (χ1n) is 10.0. The van der Waals surface area contributed by atoms with Gasteiger partial charge in [0.05, 0.1) is 12.1 Å². The number of rotatable bonds is 10. The summed E-state index contributed by atoms with van der Waals surface area (Å²) < 4.78 is 0. The Balaban J connectivity index is 1.39. The van der Waals surface area contributed by atoms with Crippen LogP contribution in [0.5, 0.6) is 0 Å². The van der Waals surface area contributed by atoms with Crippen molar-refractivity contribution in [1.82, 2.24) is 10.3 Å². The first-order chi connectivity index (χ1) is 14.7. The quantitative estimate of drug-likeness (QED) is 0.485. The van der Waals surface area contributed by atoms with Crippen LogP contribution in [0.15, 0.2) is 66.0 Å². The molecule has 0 radical (unpaired) electrons. The highest BCUT2D eigenvalue weighted by atomic mass is 32.1. The summed E-state index contributed by atoms with van der Waals surface area (Å²) in [5.41, 5.74) is 2.42. The largest absolute Gasteiger partial charge is 0.372 e. The minimum absolute atomic E-state index is 0.0657. The highest BCUT2D eigenvalue weighted by Gasteiger charge is 2.11. The Morgan fingerprint density at radius 2 is 1.73 bits per heavy atom. The minimum Gasteiger partial charge on any atom is -0.372 e. The molecule has 0 atom stereocenters. The van der Waals surface area contributed by atoms with Crippen LogP contribution in [0.4, 0.5) is 10.8 Å². The van der Waals surface area contributed by atoms with Gasteiger partial charge in [-0.3, -0.25) is 14.9 Å². The third-order valence-electron chi connectivity index (χ3n) is 4.58. The predicted octanol–water partition coefficient (Wildman–Crippen LogP) is 3.97. The van der Waals surface area contributed by atoms with Crippen molar-refractivity contribution in [2.75, 3.05) is 29.9 Å². The summed E-state index contributed by atoms with van der Waals surface area (Å²) in [6.07, 6.45) is 1.07. The maximum atomic E-state index is 12.2. The van der Waals surface area contributed by atoms with Crippen LogP contribution in [-0.2, 0) is 11.2 Å². The van der Waals surface area contributed by atoms with E-state index < -0.39 is 0 Å². The van der Waals surface area contributed by atoms with E-state index in [1.54, 1.807) is 17.5 Å². The van der Waals surface area contributed by atoms with E-state index in [2.05, 4.69) is 39.6 Å². The normalized spacial score (nSPS) is 10.4. The highest BCUT2D eigenvalue weighted by Crippen LogP contribution is 2.17. The zero-order chi connectivity index (χ0) is 21.2. The van der Waals surface area contributed by atoms with Crippen LogP contribution in [0.25, 0.3) is 0 Å². The van der Waals surface area contributed by atoms with Gasteiger partial charge in [-0.1, -0.05) is 36.4 Å². The van der Waals surface area contributed by atoms with Crippen molar-refractivity contribution in [3.8, 4) is 0 Å². The first kappa shape index (κ1) is 21.5. The van der Waals surface area contributed by atoms with Crippen molar-refractivity contribution in [1.29, 1.82) is 0 Å². The summed E-state index contributed by atoms with van der Waals surface area (Å²) in [6, 6.07) is 19.2. The summed E-state index contributed by atoms with van der Waals surface area (Å²) in [6.45, 7) is 4.55. The van der Waals surface area contributed by atoms with E-state index in [-0.39, 0.29) is 18.2 Å². The summed E-state index contributed by atoms with van der Waals surface area (Å²) in [5, 5.41) is 8.01. The molecule has 6 nitrogen and oxygen atoms in total. The Morgan fingerprint density at radius 1 is 1.03 bits per heavy atom. The molecule has 0 spiro atoms. The summed E-state index contributed by atoms with van der Waals surface area (Å²) in [5.74, 6) is -0.274. The number of amides is 2. The van der Waals surface area contributed by atoms with Crippen LogP contribution in [0.2, 0.25) is 0 Å². The van der Waals surface area contributed by atoms with Crippen LogP contribution >= 0.6 is 11.3 Å². The predicted molar refractivity (Wildman–Crippen MR) is 122 cm³/mol. The number of nitrogens with one attached hydrogen (secondary N) is 2.